The minimum Gasteiger partial charge on any atom is -0.372 e. The first-order chi connectivity index (χ1) is 17.7. The second-order valence-electron chi connectivity index (χ2n) is 12.1. The molecule has 3 aromatic heterocycles. The van der Waals surface area contributed by atoms with E-state index in [-0.39, 0.29) is 22.9 Å². The van der Waals surface area contributed by atoms with Crippen molar-refractivity contribution in [3.8, 4) is 22.5 Å². The van der Waals surface area contributed by atoms with Crippen LogP contribution in [-0.2, 0) is 11.2 Å². The summed E-state index contributed by atoms with van der Waals surface area (Å²) < 4.78 is 21.3. The molecule has 3 aliphatic rings. The fourth-order valence-electron chi connectivity index (χ4n) is 6.67. The lowest BCUT2D eigenvalue weighted by Crippen LogP contribution is -2.62. The van der Waals surface area contributed by atoms with Crippen LogP contribution in [0.25, 0.3) is 22.5 Å². The van der Waals surface area contributed by atoms with Gasteiger partial charge in [0.1, 0.15) is 11.4 Å². The Labute approximate surface area is 217 Å². The number of hydrogen-bond acceptors (Lipinski definition) is 7. The predicted molar refractivity (Wildman–Crippen MR) is 141 cm³/mol. The first-order valence-corrected chi connectivity index (χ1v) is 13.4. The molecule has 1 atom stereocenters. The van der Waals surface area contributed by atoms with Crippen LogP contribution >= 0.6 is 0 Å². The molecule has 0 amide bonds. The van der Waals surface area contributed by atoms with Gasteiger partial charge in [0.15, 0.2) is 11.6 Å². The van der Waals surface area contributed by atoms with Gasteiger partial charge in [0.2, 0.25) is 0 Å². The highest BCUT2D eigenvalue weighted by Gasteiger charge is 2.42. The molecular weight excluding hydrogens is 469 g/mol. The van der Waals surface area contributed by atoms with E-state index in [9.17, 15) is 0 Å². The quantitative estimate of drug-likeness (QED) is 0.517. The van der Waals surface area contributed by atoms with E-state index in [0.717, 1.165) is 74.3 Å². The summed E-state index contributed by atoms with van der Waals surface area (Å²) in [6.07, 6.45) is 9.42. The summed E-state index contributed by atoms with van der Waals surface area (Å²) in [5.74, 6) is 0.509. The van der Waals surface area contributed by atoms with E-state index in [1.54, 1.807) is 12.4 Å². The number of aromatic amines is 1. The van der Waals surface area contributed by atoms with Crippen molar-refractivity contribution in [1.82, 2.24) is 30.7 Å². The van der Waals surface area contributed by atoms with Crippen LogP contribution in [0, 0.1) is 5.82 Å². The number of piperidine rings is 1. The Morgan fingerprint density at radius 2 is 1.86 bits per heavy atom. The van der Waals surface area contributed by atoms with E-state index in [2.05, 4.69) is 63.3 Å². The van der Waals surface area contributed by atoms with Crippen LogP contribution in [0.1, 0.15) is 77.2 Å². The van der Waals surface area contributed by atoms with E-state index < -0.39 is 5.82 Å². The van der Waals surface area contributed by atoms with E-state index in [1.807, 2.05) is 6.07 Å². The zero-order chi connectivity index (χ0) is 25.8. The molecule has 2 saturated heterocycles. The SMILES string of the molecule is CC1(C)CC(N2CCc3cc(-c4ncc(-c5cn[nH]c5C5CCCCO5)cc4F)nnc32)CC(C)(C)N1. The van der Waals surface area contributed by atoms with Gasteiger partial charge in [-0.25, -0.2) is 4.39 Å². The second kappa shape index (κ2) is 9.13. The number of hydrogen-bond donors (Lipinski definition) is 2. The van der Waals surface area contributed by atoms with Crippen molar-refractivity contribution >= 4 is 5.82 Å². The van der Waals surface area contributed by atoms with Gasteiger partial charge in [-0.3, -0.25) is 10.1 Å². The molecule has 37 heavy (non-hydrogen) atoms. The number of fused-ring (bicyclic) bond motifs is 1. The lowest BCUT2D eigenvalue weighted by atomic mass is 9.79. The van der Waals surface area contributed by atoms with Gasteiger partial charge in [0, 0.05) is 53.2 Å². The summed E-state index contributed by atoms with van der Waals surface area (Å²) in [5, 5.41) is 20.0. The molecule has 0 saturated carbocycles. The smallest absolute Gasteiger partial charge is 0.154 e. The van der Waals surface area contributed by atoms with Gasteiger partial charge in [0.25, 0.3) is 0 Å². The minimum atomic E-state index is -0.417. The Morgan fingerprint density at radius 1 is 1.05 bits per heavy atom. The number of nitrogens with zero attached hydrogens (tertiary/aromatic N) is 5. The molecule has 8 nitrogen and oxygen atoms in total. The van der Waals surface area contributed by atoms with Crippen molar-refractivity contribution in [2.24, 2.45) is 0 Å². The maximum Gasteiger partial charge on any atom is 0.154 e. The molecule has 1 unspecified atom stereocenters. The molecule has 0 aromatic carbocycles. The number of aromatic nitrogens is 5. The maximum atomic E-state index is 15.4. The van der Waals surface area contributed by atoms with Crippen molar-refractivity contribution in [2.75, 3.05) is 18.1 Å². The highest BCUT2D eigenvalue weighted by molar-refractivity contribution is 5.68. The number of ether oxygens (including phenoxy) is 1. The van der Waals surface area contributed by atoms with Crippen molar-refractivity contribution in [1.29, 1.82) is 0 Å². The summed E-state index contributed by atoms with van der Waals surface area (Å²) in [7, 11) is 0. The molecular formula is C28H36FN7O. The van der Waals surface area contributed by atoms with Gasteiger partial charge >= 0.3 is 0 Å². The molecule has 2 fully saturated rings. The molecule has 0 spiro atoms. The van der Waals surface area contributed by atoms with E-state index in [0.29, 0.717) is 17.3 Å². The zero-order valence-corrected chi connectivity index (χ0v) is 22.1. The van der Waals surface area contributed by atoms with Gasteiger partial charge in [0.05, 0.1) is 18.0 Å². The summed E-state index contributed by atoms with van der Waals surface area (Å²) >= 11 is 0. The Balaban J connectivity index is 1.25. The van der Waals surface area contributed by atoms with Gasteiger partial charge in [-0.1, -0.05) is 0 Å². The van der Waals surface area contributed by atoms with Crippen molar-refractivity contribution < 1.29 is 9.13 Å². The fraction of sp³-hybridized carbons (Fsp3) is 0.571. The van der Waals surface area contributed by atoms with Gasteiger partial charge in [-0.15, -0.1) is 10.2 Å². The molecule has 0 aliphatic carbocycles. The predicted octanol–water partition coefficient (Wildman–Crippen LogP) is 4.98. The monoisotopic (exact) mass is 505 g/mol. The Kier molecular flexibility index (Phi) is 6.03. The number of rotatable bonds is 4. The van der Waals surface area contributed by atoms with E-state index in [1.165, 1.54) is 6.07 Å². The average Bonchev–Trinajstić information content (AvgIpc) is 3.50. The van der Waals surface area contributed by atoms with Crippen molar-refractivity contribution in [2.45, 2.75) is 89.4 Å². The third-order valence-electron chi connectivity index (χ3n) is 7.92. The standard InChI is InChI=1S/C28H36FN7O/c1-27(2)13-19(14-28(3,4)35-27)36-9-8-17-12-22(32-34-26(17)36)25-21(29)11-18(15-30-25)20-16-31-33-24(20)23-7-5-6-10-37-23/h11-12,15-16,19,23,35H,5-10,13-14H2,1-4H3,(H,31,33). The lowest BCUT2D eigenvalue weighted by Gasteiger charge is -2.49. The van der Waals surface area contributed by atoms with Crippen LogP contribution in [0.4, 0.5) is 10.2 Å². The lowest BCUT2D eigenvalue weighted by molar-refractivity contribution is 0.0126. The third kappa shape index (κ3) is 4.75. The maximum absolute atomic E-state index is 15.4. The second-order valence-corrected chi connectivity index (χ2v) is 12.1. The summed E-state index contributed by atoms with van der Waals surface area (Å²) in [4.78, 5) is 6.88. The molecule has 196 valence electrons. The van der Waals surface area contributed by atoms with Crippen LogP contribution in [-0.4, -0.2) is 55.7 Å². The molecule has 2 N–H and O–H groups in total. The van der Waals surface area contributed by atoms with Crippen molar-refractivity contribution in [3.05, 3.63) is 41.6 Å². The molecule has 0 radical (unpaired) electrons. The average molecular weight is 506 g/mol. The molecule has 3 aliphatic heterocycles. The number of halogens is 1. The number of nitrogens with one attached hydrogen (secondary N) is 2. The topological polar surface area (TPSA) is 91.9 Å². The molecule has 9 heteroatoms. The van der Waals surface area contributed by atoms with Crippen LogP contribution < -0.4 is 10.2 Å². The highest BCUT2D eigenvalue weighted by Crippen LogP contribution is 2.38. The number of H-pyrrole nitrogens is 1. The Bertz CT molecular complexity index is 1280. The zero-order valence-electron chi connectivity index (χ0n) is 22.1. The molecule has 3 aromatic rings. The third-order valence-corrected chi connectivity index (χ3v) is 7.92. The van der Waals surface area contributed by atoms with Crippen molar-refractivity contribution in [3.63, 3.8) is 0 Å². The van der Waals surface area contributed by atoms with E-state index >= 15 is 4.39 Å². The number of anilines is 1. The van der Waals surface area contributed by atoms with E-state index in [4.69, 9.17) is 4.74 Å². The van der Waals surface area contributed by atoms with Gasteiger partial charge in [-0.2, -0.15) is 5.10 Å². The van der Waals surface area contributed by atoms with Crippen LogP contribution in [0.2, 0.25) is 0 Å². The first-order valence-electron chi connectivity index (χ1n) is 13.4. The van der Waals surface area contributed by atoms with Gasteiger partial charge < -0.3 is 15.0 Å². The largest absolute Gasteiger partial charge is 0.372 e. The normalized spacial score (nSPS) is 23.3. The summed E-state index contributed by atoms with van der Waals surface area (Å²) in [5.41, 5.74) is 4.29. The molecule has 6 heterocycles. The molecule has 6 rings (SSSR count). The van der Waals surface area contributed by atoms with Crippen LogP contribution in [0.3, 0.4) is 0 Å². The Morgan fingerprint density at radius 3 is 2.59 bits per heavy atom. The van der Waals surface area contributed by atoms with Crippen LogP contribution in [0.5, 0.6) is 0 Å². The van der Waals surface area contributed by atoms with Gasteiger partial charge in [-0.05, 0) is 78.4 Å². The Hall–Kier alpha value is -2.91. The first kappa shape index (κ1) is 24.4. The summed E-state index contributed by atoms with van der Waals surface area (Å²) in [6, 6.07) is 3.86. The summed E-state index contributed by atoms with van der Waals surface area (Å²) in [6.45, 7) is 10.7. The minimum absolute atomic E-state index is 0.0457. The molecule has 0 bridgehead atoms. The highest BCUT2D eigenvalue weighted by atomic mass is 19.1. The van der Waals surface area contributed by atoms with Crippen LogP contribution in [0.15, 0.2) is 24.5 Å². The number of pyridine rings is 1. The fourth-order valence-corrected chi connectivity index (χ4v) is 6.67.